The highest BCUT2D eigenvalue weighted by atomic mass is 35.5. The van der Waals surface area contributed by atoms with E-state index in [0.717, 1.165) is 9.13 Å². The van der Waals surface area contributed by atoms with Crippen LogP contribution in [0.4, 0.5) is 24.7 Å². The van der Waals surface area contributed by atoms with E-state index in [1.807, 2.05) is 0 Å². The highest BCUT2D eigenvalue weighted by Gasteiger charge is 2.50. The summed E-state index contributed by atoms with van der Waals surface area (Å²) in [5.74, 6) is 2.81. The predicted octanol–water partition coefficient (Wildman–Crippen LogP) is 1.11. The Bertz CT molecular complexity index is 1370. The van der Waals surface area contributed by atoms with Crippen molar-refractivity contribution in [1.82, 2.24) is 19.4 Å². The Morgan fingerprint density at radius 2 is 1.95 bits per heavy atom. The summed E-state index contributed by atoms with van der Waals surface area (Å²) in [7, 11) is 1.30. The van der Waals surface area contributed by atoms with Crippen LogP contribution < -0.4 is 26.5 Å². The molecule has 1 atom stereocenters. The zero-order chi connectivity index (χ0) is 26.9. The number of hydroxylamine groups is 1. The van der Waals surface area contributed by atoms with Crippen molar-refractivity contribution in [3.63, 3.8) is 0 Å². The average Bonchev–Trinajstić information content (AvgIpc) is 3.17. The molecule has 1 unspecified atom stereocenters. The number of anilines is 2. The van der Waals surface area contributed by atoms with E-state index in [2.05, 4.69) is 17.2 Å². The van der Waals surface area contributed by atoms with Crippen molar-refractivity contribution in [3.05, 3.63) is 55.7 Å². The number of hydrogen-bond acceptors (Lipinski definition) is 8. The number of rotatable bonds is 5. The van der Waals surface area contributed by atoms with Gasteiger partial charge < -0.3 is 15.1 Å². The van der Waals surface area contributed by atoms with Crippen molar-refractivity contribution in [2.24, 2.45) is 7.05 Å². The van der Waals surface area contributed by atoms with Gasteiger partial charge in [0.1, 0.15) is 0 Å². The van der Waals surface area contributed by atoms with E-state index in [0.29, 0.717) is 41.8 Å². The van der Waals surface area contributed by atoms with Gasteiger partial charge in [-0.3, -0.25) is 18.8 Å². The van der Waals surface area contributed by atoms with Gasteiger partial charge in [-0.05, 0) is 24.6 Å². The van der Waals surface area contributed by atoms with E-state index < -0.39 is 29.7 Å². The summed E-state index contributed by atoms with van der Waals surface area (Å²) in [6.07, 6.45) is -6.44. The second kappa shape index (κ2) is 10.5. The molecule has 2 aromatic rings. The number of aromatic nitrogens is 2. The highest BCUT2D eigenvalue weighted by molar-refractivity contribution is 6.30. The van der Waals surface area contributed by atoms with Gasteiger partial charge in [0.05, 0.1) is 13.1 Å². The van der Waals surface area contributed by atoms with Gasteiger partial charge in [-0.25, -0.2) is 9.59 Å². The average molecular weight is 541 g/mol. The lowest BCUT2D eigenvalue weighted by Crippen LogP contribution is -2.61. The van der Waals surface area contributed by atoms with Crippen molar-refractivity contribution < 1.29 is 22.8 Å². The topological polar surface area (TPSA) is 92.0 Å². The molecule has 1 saturated heterocycles. The fraction of sp³-hybridized carbons (Fsp3) is 0.435. The number of nitrogens with one attached hydrogen (secondary N) is 1. The maximum atomic E-state index is 13.8. The van der Waals surface area contributed by atoms with Gasteiger partial charge in [-0.15, -0.1) is 11.0 Å². The molecule has 14 heteroatoms. The molecule has 2 aliphatic rings. The number of alkyl halides is 3. The number of piperazine rings is 1. The van der Waals surface area contributed by atoms with Crippen molar-refractivity contribution in [3.8, 4) is 11.8 Å². The maximum Gasteiger partial charge on any atom is 0.493 e. The normalized spacial score (nSPS) is 17.8. The number of fused-ring (bicyclic) bond motifs is 1. The van der Waals surface area contributed by atoms with E-state index >= 15 is 0 Å². The van der Waals surface area contributed by atoms with E-state index in [9.17, 15) is 27.6 Å². The molecule has 0 amide bonds. The third-order valence-electron chi connectivity index (χ3n) is 6.03. The van der Waals surface area contributed by atoms with Crippen molar-refractivity contribution in [2.75, 3.05) is 42.7 Å². The largest absolute Gasteiger partial charge is 0.493 e. The second-order valence-electron chi connectivity index (χ2n) is 8.42. The number of nitrogens with zero attached hydrogens (tertiary/aromatic N) is 5. The summed E-state index contributed by atoms with van der Waals surface area (Å²) >= 11 is 6.05. The lowest BCUT2D eigenvalue weighted by molar-refractivity contribution is -0.203. The Kier molecular flexibility index (Phi) is 7.54. The van der Waals surface area contributed by atoms with E-state index in [4.69, 9.17) is 16.4 Å². The number of benzene rings is 1. The molecule has 1 aromatic heterocycles. The maximum absolute atomic E-state index is 13.8. The highest BCUT2D eigenvalue weighted by Crippen LogP contribution is 2.38. The van der Waals surface area contributed by atoms with E-state index in [-0.39, 0.29) is 24.6 Å². The van der Waals surface area contributed by atoms with Crippen molar-refractivity contribution in [2.45, 2.75) is 25.9 Å². The van der Waals surface area contributed by atoms with E-state index in [1.165, 1.54) is 11.9 Å². The first-order chi connectivity index (χ1) is 17.5. The molecule has 1 fully saturated rings. The number of halogens is 4. The van der Waals surface area contributed by atoms with Gasteiger partial charge in [0.2, 0.25) is 0 Å². The Balaban J connectivity index is 1.92. The number of hydrogen-bond donors (Lipinski definition) is 1. The number of carbonyl (C=O) groups is 1. The molecule has 0 spiro atoms. The van der Waals surface area contributed by atoms with Gasteiger partial charge >= 0.3 is 17.8 Å². The summed E-state index contributed by atoms with van der Waals surface area (Å²) in [5, 5.41) is 4.25. The molecule has 0 aliphatic carbocycles. The Labute approximate surface area is 214 Å². The molecule has 0 bridgehead atoms. The molecule has 2 aliphatic heterocycles. The minimum atomic E-state index is -5.30. The minimum Gasteiger partial charge on any atom is -0.327 e. The molecule has 3 heterocycles. The lowest BCUT2D eigenvalue weighted by Gasteiger charge is -2.40. The summed E-state index contributed by atoms with van der Waals surface area (Å²) in [4.78, 5) is 47.1. The molecule has 0 saturated carbocycles. The van der Waals surface area contributed by atoms with Gasteiger partial charge in [0.25, 0.3) is 5.56 Å². The van der Waals surface area contributed by atoms with Gasteiger partial charge in [-0.1, -0.05) is 29.7 Å². The molecule has 1 N–H and O–H groups in total. The third kappa shape index (κ3) is 5.18. The van der Waals surface area contributed by atoms with Gasteiger partial charge in [0, 0.05) is 38.2 Å². The predicted molar refractivity (Wildman–Crippen MR) is 130 cm³/mol. The van der Waals surface area contributed by atoms with Crippen LogP contribution in [-0.4, -0.2) is 65.2 Å². The minimum absolute atomic E-state index is 0.0667. The molecule has 4 rings (SSSR count). The first kappa shape index (κ1) is 26.6. The second-order valence-corrected chi connectivity index (χ2v) is 8.86. The quantitative estimate of drug-likeness (QED) is 0.564. The smallest absolute Gasteiger partial charge is 0.327 e. The monoisotopic (exact) mass is 540 g/mol. The van der Waals surface area contributed by atoms with Crippen LogP contribution >= 0.6 is 11.6 Å². The first-order valence-electron chi connectivity index (χ1n) is 11.3. The summed E-state index contributed by atoms with van der Waals surface area (Å²) in [5.41, 5.74) is -1.10. The molecule has 10 nitrogen and oxygen atoms in total. The Morgan fingerprint density at radius 1 is 1.24 bits per heavy atom. The van der Waals surface area contributed by atoms with Crippen LogP contribution in [0.25, 0.3) is 0 Å². The SMILES string of the molecule is CC#CCN1c2c(n(C)c(=O)n(Cc3cccc(Cl)c3)c2=O)N(OC(=O)C(F)(F)F)C1N1CCNCC1. The van der Waals surface area contributed by atoms with E-state index in [1.54, 1.807) is 36.1 Å². The standard InChI is InChI=1S/C23H24ClF3N6O4/c1-3-4-10-31-17-18(29(2)22(36)32(19(17)34)14-15-6-5-7-16(24)13-15)33(37-20(35)23(25,26)27)21(31)30-11-8-28-9-12-30/h5-7,13,21,28H,8-12,14H2,1-2H3. The van der Waals surface area contributed by atoms with Crippen molar-refractivity contribution in [1.29, 1.82) is 0 Å². The molecular formula is C23H24ClF3N6O4. The van der Waals surface area contributed by atoms with Crippen LogP contribution in [-0.2, 0) is 23.2 Å². The van der Waals surface area contributed by atoms with Crippen LogP contribution in [0.15, 0.2) is 33.9 Å². The van der Waals surface area contributed by atoms with Crippen LogP contribution in [0.2, 0.25) is 5.02 Å². The van der Waals surface area contributed by atoms with Crippen molar-refractivity contribution >= 4 is 29.1 Å². The fourth-order valence-corrected chi connectivity index (χ4v) is 4.58. The zero-order valence-corrected chi connectivity index (χ0v) is 20.8. The molecular weight excluding hydrogens is 517 g/mol. The molecule has 0 radical (unpaired) electrons. The Hall–Kier alpha value is -3.47. The fourth-order valence-electron chi connectivity index (χ4n) is 4.37. The summed E-state index contributed by atoms with van der Waals surface area (Å²) in [6.45, 7) is 3.16. The number of carbonyl (C=O) groups excluding carboxylic acids is 1. The van der Waals surface area contributed by atoms with Gasteiger partial charge in [-0.2, -0.15) is 13.2 Å². The van der Waals surface area contributed by atoms with Crippen LogP contribution in [0.5, 0.6) is 0 Å². The summed E-state index contributed by atoms with van der Waals surface area (Å²) in [6, 6.07) is 6.60. The third-order valence-corrected chi connectivity index (χ3v) is 6.26. The molecule has 1 aromatic carbocycles. The molecule has 198 valence electrons. The van der Waals surface area contributed by atoms with Crippen LogP contribution in [0.3, 0.4) is 0 Å². The Morgan fingerprint density at radius 3 is 2.57 bits per heavy atom. The van der Waals surface area contributed by atoms with Gasteiger partial charge in [0.15, 0.2) is 17.8 Å². The van der Waals surface area contributed by atoms with Crippen LogP contribution in [0.1, 0.15) is 12.5 Å². The molecule has 37 heavy (non-hydrogen) atoms. The van der Waals surface area contributed by atoms with Crippen LogP contribution in [0, 0.1) is 11.8 Å². The summed E-state index contributed by atoms with van der Waals surface area (Å²) < 4.78 is 41.7. The lowest BCUT2D eigenvalue weighted by atomic mass is 10.2. The zero-order valence-electron chi connectivity index (χ0n) is 20.0. The first-order valence-corrected chi connectivity index (χ1v) is 11.7.